The van der Waals surface area contributed by atoms with Crippen LogP contribution in [0.15, 0.2) is 24.3 Å². The maximum atomic E-state index is 12.2. The molecule has 1 heterocycles. The van der Waals surface area contributed by atoms with E-state index in [1.165, 1.54) is 25.7 Å². The number of hydrogen-bond acceptors (Lipinski definition) is 2. The van der Waals surface area contributed by atoms with Crippen molar-refractivity contribution < 1.29 is 9.59 Å². The van der Waals surface area contributed by atoms with Gasteiger partial charge in [0, 0.05) is 30.4 Å². The van der Waals surface area contributed by atoms with E-state index in [1.54, 1.807) is 4.90 Å². The smallest absolute Gasteiger partial charge is 0.319 e. The zero-order chi connectivity index (χ0) is 16.1. The monoisotopic (exact) mass is 315 g/mol. The molecule has 1 aliphatic heterocycles. The third kappa shape index (κ3) is 4.24. The number of amides is 3. The number of carbonyl (C=O) groups is 2. The maximum Gasteiger partial charge on any atom is 0.319 e. The van der Waals surface area contributed by atoms with Gasteiger partial charge in [0.25, 0.3) is 0 Å². The van der Waals surface area contributed by atoms with Crippen molar-refractivity contribution in [2.45, 2.75) is 57.4 Å². The van der Waals surface area contributed by atoms with Crippen LogP contribution in [0.3, 0.4) is 0 Å². The molecule has 2 N–H and O–H groups in total. The van der Waals surface area contributed by atoms with Gasteiger partial charge in [-0.3, -0.25) is 4.79 Å². The summed E-state index contributed by atoms with van der Waals surface area (Å²) in [4.78, 5) is 25.8. The molecule has 1 aromatic rings. The lowest BCUT2D eigenvalue weighted by Crippen LogP contribution is -2.37. The molecule has 0 radical (unpaired) electrons. The zero-order valence-corrected chi connectivity index (χ0v) is 13.5. The summed E-state index contributed by atoms with van der Waals surface area (Å²) in [5, 5.41) is 5.97. The molecule has 1 aliphatic carbocycles. The fourth-order valence-electron chi connectivity index (χ4n) is 3.45. The van der Waals surface area contributed by atoms with Gasteiger partial charge < -0.3 is 15.5 Å². The second kappa shape index (κ2) is 7.49. The van der Waals surface area contributed by atoms with E-state index in [4.69, 9.17) is 0 Å². The quantitative estimate of drug-likeness (QED) is 0.836. The Morgan fingerprint density at radius 2 is 1.87 bits per heavy atom. The van der Waals surface area contributed by atoms with Crippen LogP contribution >= 0.6 is 0 Å². The minimum Gasteiger partial charge on any atom is -0.335 e. The Morgan fingerprint density at radius 3 is 2.57 bits per heavy atom. The van der Waals surface area contributed by atoms with Gasteiger partial charge in [0.15, 0.2) is 0 Å². The van der Waals surface area contributed by atoms with Gasteiger partial charge in [-0.05, 0) is 37.5 Å². The van der Waals surface area contributed by atoms with E-state index in [-0.39, 0.29) is 18.0 Å². The van der Waals surface area contributed by atoms with Gasteiger partial charge >= 0.3 is 6.03 Å². The number of nitrogens with zero attached hydrogens (tertiary/aromatic N) is 1. The van der Waals surface area contributed by atoms with Crippen molar-refractivity contribution in [1.29, 1.82) is 0 Å². The molecule has 0 bridgehead atoms. The van der Waals surface area contributed by atoms with Crippen LogP contribution in [-0.4, -0.2) is 24.5 Å². The van der Waals surface area contributed by atoms with Gasteiger partial charge in [0.05, 0.1) is 0 Å². The Morgan fingerprint density at radius 1 is 1.09 bits per heavy atom. The molecule has 3 amide bonds. The molecule has 0 atom stereocenters. The largest absolute Gasteiger partial charge is 0.335 e. The first kappa shape index (κ1) is 15.8. The Kier molecular flexibility index (Phi) is 5.16. The van der Waals surface area contributed by atoms with E-state index in [0.29, 0.717) is 6.42 Å². The van der Waals surface area contributed by atoms with Crippen LogP contribution in [0.5, 0.6) is 0 Å². The second-order valence-electron chi connectivity index (χ2n) is 6.49. The Hall–Kier alpha value is -2.04. The van der Waals surface area contributed by atoms with Crippen LogP contribution in [0.4, 0.5) is 16.2 Å². The predicted molar refractivity (Wildman–Crippen MR) is 91.7 cm³/mol. The molecule has 5 nitrogen and oxygen atoms in total. The summed E-state index contributed by atoms with van der Waals surface area (Å²) in [5.41, 5.74) is 1.59. The molecule has 23 heavy (non-hydrogen) atoms. The molecule has 2 fully saturated rings. The first-order valence-electron chi connectivity index (χ1n) is 8.70. The van der Waals surface area contributed by atoms with Crippen LogP contribution < -0.4 is 15.5 Å². The van der Waals surface area contributed by atoms with Crippen LogP contribution in [0.2, 0.25) is 0 Å². The number of benzene rings is 1. The van der Waals surface area contributed by atoms with Crippen molar-refractivity contribution in [2.75, 3.05) is 16.8 Å². The highest BCUT2D eigenvalue weighted by atomic mass is 16.2. The summed E-state index contributed by atoms with van der Waals surface area (Å²) in [5.74, 6) is 0.157. The van der Waals surface area contributed by atoms with Gasteiger partial charge in [-0.2, -0.15) is 0 Å². The molecule has 5 heteroatoms. The molecular weight excluding hydrogens is 290 g/mol. The Balaban J connectivity index is 1.58. The lowest BCUT2D eigenvalue weighted by Gasteiger charge is -2.19. The Bertz CT molecular complexity index is 565. The summed E-state index contributed by atoms with van der Waals surface area (Å²) in [7, 11) is 0. The van der Waals surface area contributed by atoms with E-state index in [2.05, 4.69) is 10.6 Å². The topological polar surface area (TPSA) is 61.4 Å². The average Bonchev–Trinajstić information content (AvgIpc) is 2.80. The van der Waals surface area contributed by atoms with Crippen molar-refractivity contribution in [3.05, 3.63) is 24.3 Å². The fraction of sp³-hybridized carbons (Fsp3) is 0.556. The number of urea groups is 1. The van der Waals surface area contributed by atoms with Crippen molar-refractivity contribution in [1.82, 2.24) is 5.32 Å². The molecular formula is C18H25N3O2. The molecule has 0 aromatic heterocycles. The number of hydrogen-bond donors (Lipinski definition) is 2. The first-order valence-corrected chi connectivity index (χ1v) is 8.70. The van der Waals surface area contributed by atoms with E-state index in [0.717, 1.165) is 37.2 Å². The highest BCUT2D eigenvalue weighted by Crippen LogP contribution is 2.24. The summed E-state index contributed by atoms with van der Waals surface area (Å²) >= 11 is 0. The predicted octanol–water partition coefficient (Wildman–Crippen LogP) is 3.66. The highest BCUT2D eigenvalue weighted by molar-refractivity contribution is 5.96. The molecule has 0 unspecified atom stereocenters. The lowest BCUT2D eigenvalue weighted by molar-refractivity contribution is -0.117. The van der Waals surface area contributed by atoms with Crippen LogP contribution in [0.25, 0.3) is 0 Å². The van der Waals surface area contributed by atoms with E-state index in [1.807, 2.05) is 24.3 Å². The molecule has 124 valence electrons. The fourth-order valence-corrected chi connectivity index (χ4v) is 3.45. The SMILES string of the molecule is O=C(Nc1cccc(N2CCCC2=O)c1)NC1CCCCCC1. The molecule has 2 aliphatic rings. The van der Waals surface area contributed by atoms with E-state index in [9.17, 15) is 9.59 Å². The van der Waals surface area contributed by atoms with Crippen molar-refractivity contribution >= 4 is 23.3 Å². The van der Waals surface area contributed by atoms with Crippen LogP contribution in [-0.2, 0) is 4.79 Å². The standard InChI is InChI=1S/C18H25N3O2/c22-17-11-6-12-21(17)16-10-5-9-15(13-16)20-18(23)19-14-7-3-1-2-4-8-14/h5,9-10,13-14H,1-4,6-8,11-12H2,(H2,19,20,23). The summed E-state index contributed by atoms with van der Waals surface area (Å²) in [6.07, 6.45) is 8.57. The molecule has 3 rings (SSSR count). The number of rotatable bonds is 3. The average molecular weight is 315 g/mol. The zero-order valence-electron chi connectivity index (χ0n) is 13.5. The van der Waals surface area contributed by atoms with Crippen LogP contribution in [0, 0.1) is 0 Å². The van der Waals surface area contributed by atoms with E-state index >= 15 is 0 Å². The normalized spacial score (nSPS) is 19.5. The maximum absolute atomic E-state index is 12.2. The second-order valence-corrected chi connectivity index (χ2v) is 6.49. The van der Waals surface area contributed by atoms with Crippen molar-refractivity contribution in [3.8, 4) is 0 Å². The van der Waals surface area contributed by atoms with Gasteiger partial charge in [0.1, 0.15) is 0 Å². The van der Waals surface area contributed by atoms with Gasteiger partial charge in [0.2, 0.25) is 5.91 Å². The summed E-state index contributed by atoms with van der Waals surface area (Å²) in [6, 6.07) is 7.65. The highest BCUT2D eigenvalue weighted by Gasteiger charge is 2.22. The molecule has 1 aromatic carbocycles. The number of anilines is 2. The van der Waals surface area contributed by atoms with Crippen LogP contribution in [0.1, 0.15) is 51.4 Å². The molecule has 1 saturated heterocycles. The lowest BCUT2D eigenvalue weighted by atomic mass is 10.1. The Labute approximate surface area is 137 Å². The van der Waals surface area contributed by atoms with Crippen molar-refractivity contribution in [3.63, 3.8) is 0 Å². The molecule has 1 saturated carbocycles. The number of nitrogens with one attached hydrogen (secondary N) is 2. The van der Waals surface area contributed by atoms with Crippen molar-refractivity contribution in [2.24, 2.45) is 0 Å². The third-order valence-corrected chi connectivity index (χ3v) is 4.68. The molecule has 0 spiro atoms. The van der Waals surface area contributed by atoms with Gasteiger partial charge in [-0.25, -0.2) is 4.79 Å². The van der Waals surface area contributed by atoms with Gasteiger partial charge in [-0.1, -0.05) is 31.7 Å². The minimum atomic E-state index is -0.151. The number of carbonyl (C=O) groups excluding carboxylic acids is 2. The minimum absolute atomic E-state index is 0.151. The summed E-state index contributed by atoms with van der Waals surface area (Å²) < 4.78 is 0. The third-order valence-electron chi connectivity index (χ3n) is 4.68. The van der Waals surface area contributed by atoms with E-state index < -0.39 is 0 Å². The first-order chi connectivity index (χ1) is 11.2. The summed E-state index contributed by atoms with van der Waals surface area (Å²) in [6.45, 7) is 0.760. The van der Waals surface area contributed by atoms with Gasteiger partial charge in [-0.15, -0.1) is 0 Å².